The second kappa shape index (κ2) is 11.7. The molecule has 1 atom stereocenters. The van der Waals surface area contributed by atoms with Gasteiger partial charge in [0, 0.05) is 75.8 Å². The van der Waals surface area contributed by atoms with Gasteiger partial charge in [-0.25, -0.2) is 14.0 Å². The van der Waals surface area contributed by atoms with Gasteiger partial charge in [-0.05, 0) is 49.6 Å². The van der Waals surface area contributed by atoms with Crippen LogP contribution in [0.1, 0.15) is 25.3 Å². The maximum Gasteiger partial charge on any atom is 0.407 e. The Morgan fingerprint density at radius 1 is 1.11 bits per heavy atom. The van der Waals surface area contributed by atoms with E-state index in [9.17, 15) is 19.1 Å². The van der Waals surface area contributed by atoms with E-state index in [1.54, 1.807) is 24.1 Å². The molecule has 0 saturated carbocycles. The first kappa shape index (κ1) is 26.5. The van der Waals surface area contributed by atoms with Crippen molar-refractivity contribution in [3.8, 4) is 5.75 Å². The zero-order valence-electron chi connectivity index (χ0n) is 21.7. The third-order valence-electron chi connectivity index (χ3n) is 7.26. The van der Waals surface area contributed by atoms with Crippen molar-refractivity contribution in [2.24, 2.45) is 0 Å². The lowest BCUT2D eigenvalue weighted by Crippen LogP contribution is -2.53. The molecule has 200 valence electrons. The highest BCUT2D eigenvalue weighted by molar-refractivity contribution is 5.91. The third kappa shape index (κ3) is 6.43. The van der Waals surface area contributed by atoms with Gasteiger partial charge in [0.25, 0.3) is 0 Å². The number of piperazine rings is 1. The van der Waals surface area contributed by atoms with Gasteiger partial charge < -0.3 is 25.0 Å². The van der Waals surface area contributed by atoms with Crippen LogP contribution in [0.3, 0.4) is 0 Å². The number of hydrogen-bond donors (Lipinski definition) is 2. The molecule has 0 bridgehead atoms. The molecule has 2 aromatic carbocycles. The minimum absolute atomic E-state index is 0.0340. The van der Waals surface area contributed by atoms with E-state index in [0.29, 0.717) is 32.7 Å². The second-order valence-corrected chi connectivity index (χ2v) is 9.82. The number of piperidine rings is 1. The number of benzene rings is 2. The molecule has 0 aromatic heterocycles. The summed E-state index contributed by atoms with van der Waals surface area (Å²) < 4.78 is 18.7. The van der Waals surface area contributed by atoms with Gasteiger partial charge in [-0.2, -0.15) is 0 Å². The minimum atomic E-state index is -0.863. The van der Waals surface area contributed by atoms with Gasteiger partial charge >= 0.3 is 12.1 Å². The molecule has 37 heavy (non-hydrogen) atoms. The largest absolute Gasteiger partial charge is 0.494 e. The number of anilines is 2. The lowest BCUT2D eigenvalue weighted by molar-refractivity contribution is 0.0711. The summed E-state index contributed by atoms with van der Waals surface area (Å²) in [5.74, 6) is -0.182. The Bertz CT molecular complexity index is 1090. The van der Waals surface area contributed by atoms with Crippen LogP contribution in [0, 0.1) is 5.82 Å². The molecule has 2 fully saturated rings. The molecule has 9 nitrogen and oxygen atoms in total. The summed E-state index contributed by atoms with van der Waals surface area (Å²) in [7, 11) is 3.24. The number of nitrogens with zero attached hydrogens (tertiary/aromatic N) is 4. The predicted octanol–water partition coefficient (Wildman–Crippen LogP) is 4.15. The van der Waals surface area contributed by atoms with E-state index in [0.717, 1.165) is 36.3 Å². The molecule has 2 N–H and O–H groups in total. The Labute approximate surface area is 217 Å². The van der Waals surface area contributed by atoms with Crippen LogP contribution in [0.2, 0.25) is 0 Å². The number of halogens is 1. The van der Waals surface area contributed by atoms with Crippen LogP contribution in [-0.2, 0) is 6.54 Å². The highest BCUT2D eigenvalue weighted by Crippen LogP contribution is 2.25. The molecular formula is C27H36FN5O4. The summed E-state index contributed by atoms with van der Waals surface area (Å²) >= 11 is 0. The molecule has 0 unspecified atom stereocenters. The molecule has 2 aliphatic rings. The van der Waals surface area contributed by atoms with Gasteiger partial charge in [-0.15, -0.1) is 0 Å². The summed E-state index contributed by atoms with van der Waals surface area (Å²) in [6.45, 7) is 5.87. The van der Waals surface area contributed by atoms with E-state index in [4.69, 9.17) is 4.74 Å². The van der Waals surface area contributed by atoms with Crippen molar-refractivity contribution in [1.82, 2.24) is 14.7 Å². The van der Waals surface area contributed by atoms with E-state index < -0.39 is 11.9 Å². The Morgan fingerprint density at radius 3 is 2.43 bits per heavy atom. The molecule has 0 radical (unpaired) electrons. The van der Waals surface area contributed by atoms with E-state index >= 15 is 0 Å². The lowest BCUT2D eigenvalue weighted by atomic mass is 10.0. The number of amides is 3. The zero-order valence-corrected chi connectivity index (χ0v) is 21.7. The molecule has 4 rings (SSSR count). The Balaban J connectivity index is 1.26. The van der Waals surface area contributed by atoms with Crippen LogP contribution in [0.15, 0.2) is 42.5 Å². The Kier molecular flexibility index (Phi) is 8.38. The van der Waals surface area contributed by atoms with Crippen molar-refractivity contribution in [2.45, 2.75) is 38.4 Å². The maximum atomic E-state index is 13.7. The fourth-order valence-electron chi connectivity index (χ4n) is 5.07. The molecule has 2 saturated heterocycles. The molecule has 2 heterocycles. The maximum absolute atomic E-state index is 13.7. The smallest absolute Gasteiger partial charge is 0.407 e. The first-order valence-corrected chi connectivity index (χ1v) is 12.7. The topological polar surface area (TPSA) is 88.6 Å². The summed E-state index contributed by atoms with van der Waals surface area (Å²) in [6.07, 6.45) is 0.732. The number of carbonyl (C=O) groups excluding carboxylic acids is 1. The summed E-state index contributed by atoms with van der Waals surface area (Å²) in [5.41, 5.74) is 2.76. The number of carboxylic acid groups (broad SMARTS) is 1. The SMILES string of the molecule is COc1cc(NC2CCN(C(=O)N(C)c3ccc(CN4CCN(C(=O)O)[C@@H](C)C4)cc3)CC2)ccc1F. The van der Waals surface area contributed by atoms with E-state index in [2.05, 4.69) is 10.2 Å². The number of likely N-dealkylation sites (tertiary alicyclic amines) is 1. The van der Waals surface area contributed by atoms with E-state index in [1.807, 2.05) is 36.1 Å². The normalized spacial score (nSPS) is 19.0. The van der Waals surface area contributed by atoms with E-state index in [1.165, 1.54) is 18.1 Å². The lowest BCUT2D eigenvalue weighted by Gasteiger charge is -2.38. The van der Waals surface area contributed by atoms with Crippen LogP contribution in [0.25, 0.3) is 0 Å². The molecule has 0 spiro atoms. The number of methoxy groups -OCH3 is 1. The standard InChI is InChI=1S/C27H36FN5O4/c1-19-17-31(14-15-33(19)27(35)36)18-20-4-7-23(8-5-20)30(2)26(34)32-12-10-21(11-13-32)29-22-6-9-24(28)25(16-22)37-3/h4-9,16,19,21,29H,10-15,17-18H2,1-3H3,(H,35,36)/t19-/m0/s1. The number of ether oxygens (including phenoxy) is 1. The highest BCUT2D eigenvalue weighted by Gasteiger charge is 2.28. The monoisotopic (exact) mass is 513 g/mol. The first-order chi connectivity index (χ1) is 17.7. The van der Waals surface area contributed by atoms with Crippen LogP contribution >= 0.6 is 0 Å². The number of hydrogen-bond acceptors (Lipinski definition) is 5. The first-order valence-electron chi connectivity index (χ1n) is 12.7. The van der Waals surface area contributed by atoms with Crippen molar-refractivity contribution in [3.05, 3.63) is 53.8 Å². The zero-order chi connectivity index (χ0) is 26.5. The van der Waals surface area contributed by atoms with Crippen LogP contribution in [0.4, 0.5) is 25.4 Å². The van der Waals surface area contributed by atoms with Crippen molar-refractivity contribution in [1.29, 1.82) is 0 Å². The predicted molar refractivity (Wildman–Crippen MR) is 141 cm³/mol. The number of urea groups is 1. The number of carbonyl (C=O) groups is 2. The van der Waals surface area contributed by atoms with Crippen LogP contribution in [-0.4, -0.2) is 90.9 Å². The van der Waals surface area contributed by atoms with Crippen LogP contribution < -0.4 is 15.0 Å². The van der Waals surface area contributed by atoms with Crippen molar-refractivity contribution >= 4 is 23.5 Å². The number of nitrogens with one attached hydrogen (secondary N) is 1. The average Bonchev–Trinajstić information content (AvgIpc) is 2.89. The molecule has 2 aliphatic heterocycles. The summed E-state index contributed by atoms with van der Waals surface area (Å²) in [6, 6.07) is 12.8. The second-order valence-electron chi connectivity index (χ2n) is 9.82. The third-order valence-corrected chi connectivity index (χ3v) is 7.26. The minimum Gasteiger partial charge on any atom is -0.494 e. The van der Waals surface area contributed by atoms with Crippen molar-refractivity contribution in [3.63, 3.8) is 0 Å². The molecule has 3 amide bonds. The van der Waals surface area contributed by atoms with Gasteiger partial charge in [0.2, 0.25) is 0 Å². The summed E-state index contributed by atoms with van der Waals surface area (Å²) in [5, 5.41) is 12.7. The molecule has 2 aromatic rings. The van der Waals surface area contributed by atoms with Crippen LogP contribution in [0.5, 0.6) is 5.75 Å². The van der Waals surface area contributed by atoms with Gasteiger partial charge in [-0.3, -0.25) is 9.80 Å². The average molecular weight is 514 g/mol. The summed E-state index contributed by atoms with van der Waals surface area (Å²) in [4.78, 5) is 31.7. The van der Waals surface area contributed by atoms with E-state index in [-0.39, 0.29) is 23.9 Å². The van der Waals surface area contributed by atoms with Gasteiger partial charge in [-0.1, -0.05) is 12.1 Å². The fourth-order valence-corrected chi connectivity index (χ4v) is 5.07. The fraction of sp³-hybridized carbons (Fsp3) is 0.481. The van der Waals surface area contributed by atoms with Crippen molar-refractivity contribution < 1.29 is 23.8 Å². The number of rotatable bonds is 6. The molecule has 0 aliphatic carbocycles. The Hall–Kier alpha value is -3.53. The van der Waals surface area contributed by atoms with Gasteiger partial charge in [0.05, 0.1) is 7.11 Å². The highest BCUT2D eigenvalue weighted by atomic mass is 19.1. The van der Waals surface area contributed by atoms with Gasteiger partial charge in [0.15, 0.2) is 11.6 Å². The molecular weight excluding hydrogens is 477 g/mol. The van der Waals surface area contributed by atoms with Crippen molar-refractivity contribution in [2.75, 3.05) is 57.1 Å². The quantitative estimate of drug-likeness (QED) is 0.603. The van der Waals surface area contributed by atoms with Gasteiger partial charge in [0.1, 0.15) is 0 Å². The molecule has 10 heteroatoms. The Morgan fingerprint density at radius 2 is 1.81 bits per heavy atom.